The molecule has 1 aromatic rings. The Balaban J connectivity index is 1.77. The average Bonchev–Trinajstić information content (AvgIpc) is 2.76. The molecule has 0 spiro atoms. The minimum absolute atomic E-state index is 0.0339. The molecule has 1 fully saturated rings. The van der Waals surface area contributed by atoms with Gasteiger partial charge < -0.3 is 19.7 Å². The Morgan fingerprint density at radius 1 is 1.20 bits per heavy atom. The summed E-state index contributed by atoms with van der Waals surface area (Å²) in [6.07, 6.45) is 3.06. The van der Waals surface area contributed by atoms with E-state index in [9.17, 15) is 8.42 Å². The molecule has 2 N–H and O–H groups in total. The van der Waals surface area contributed by atoms with Gasteiger partial charge >= 0.3 is 0 Å². The zero-order valence-corrected chi connectivity index (χ0v) is 19.0. The number of likely N-dealkylation sites (tertiary alicyclic amines) is 1. The normalized spacial score (nSPS) is 16.1. The van der Waals surface area contributed by atoms with E-state index in [4.69, 9.17) is 9.47 Å². The van der Waals surface area contributed by atoms with E-state index in [2.05, 4.69) is 19.9 Å². The monoisotopic (exact) mass is 440 g/mol. The summed E-state index contributed by atoms with van der Waals surface area (Å²) in [5.74, 6) is 0.738. The van der Waals surface area contributed by atoms with Crippen LogP contribution in [0.5, 0.6) is 0 Å². The van der Waals surface area contributed by atoms with Crippen molar-refractivity contribution in [2.75, 3.05) is 52.3 Å². The zero-order valence-electron chi connectivity index (χ0n) is 18.2. The molecule has 0 saturated carbocycles. The van der Waals surface area contributed by atoms with Crippen LogP contribution in [0.4, 0.5) is 0 Å². The summed E-state index contributed by atoms with van der Waals surface area (Å²) in [4.78, 5) is 6.73. The van der Waals surface area contributed by atoms with Crippen LogP contribution in [-0.2, 0) is 26.0 Å². The lowest BCUT2D eigenvalue weighted by Crippen LogP contribution is -2.47. The van der Waals surface area contributed by atoms with Gasteiger partial charge in [-0.25, -0.2) is 13.1 Å². The van der Waals surface area contributed by atoms with Crippen molar-refractivity contribution in [1.82, 2.24) is 14.9 Å². The van der Waals surface area contributed by atoms with Gasteiger partial charge in [0, 0.05) is 46.5 Å². The summed E-state index contributed by atoms with van der Waals surface area (Å²) < 4.78 is 38.1. The number of aliphatic imine (C=N–C) groups is 1. The highest BCUT2D eigenvalue weighted by Gasteiger charge is 2.22. The molecule has 0 bridgehead atoms. The van der Waals surface area contributed by atoms with E-state index in [0.29, 0.717) is 6.54 Å². The Morgan fingerprint density at radius 2 is 1.93 bits per heavy atom. The van der Waals surface area contributed by atoms with Gasteiger partial charge in [0.2, 0.25) is 10.0 Å². The Labute approximate surface area is 181 Å². The second kappa shape index (κ2) is 13.6. The van der Waals surface area contributed by atoms with E-state index < -0.39 is 10.0 Å². The molecule has 0 aliphatic carbocycles. The third-order valence-corrected chi connectivity index (χ3v) is 6.19. The van der Waals surface area contributed by atoms with Crippen LogP contribution in [0.2, 0.25) is 0 Å². The van der Waals surface area contributed by atoms with Crippen LogP contribution in [0.25, 0.3) is 0 Å². The van der Waals surface area contributed by atoms with Gasteiger partial charge in [-0.05, 0) is 31.7 Å². The fourth-order valence-electron chi connectivity index (χ4n) is 3.25. The van der Waals surface area contributed by atoms with E-state index in [1.807, 2.05) is 37.3 Å². The SMILES string of the molecule is CCNC(=NCCS(=O)(=O)NCc1ccccc1)N1CCC(OCCCOC)CC1. The first kappa shape index (κ1) is 24.6. The van der Waals surface area contributed by atoms with E-state index in [1.54, 1.807) is 7.11 Å². The van der Waals surface area contributed by atoms with Gasteiger partial charge in [-0.15, -0.1) is 0 Å². The molecule has 9 heteroatoms. The predicted octanol–water partition coefficient (Wildman–Crippen LogP) is 1.59. The highest BCUT2D eigenvalue weighted by Crippen LogP contribution is 2.14. The molecule has 1 aliphatic rings. The molecule has 0 aromatic heterocycles. The van der Waals surface area contributed by atoms with Gasteiger partial charge in [-0.2, -0.15) is 0 Å². The molecule has 0 radical (unpaired) electrons. The molecule has 1 aliphatic heterocycles. The topological polar surface area (TPSA) is 92.3 Å². The standard InChI is InChI=1S/C21H36N4O4S/c1-3-22-21(25-13-10-20(11-14-25)29-16-7-15-28-2)23-12-17-30(26,27)24-18-19-8-5-4-6-9-19/h4-6,8-9,20,24H,3,7,10-18H2,1-2H3,(H,22,23). The molecule has 0 unspecified atom stereocenters. The summed E-state index contributed by atoms with van der Waals surface area (Å²) >= 11 is 0. The third kappa shape index (κ3) is 9.42. The van der Waals surface area contributed by atoms with Crippen molar-refractivity contribution in [1.29, 1.82) is 0 Å². The van der Waals surface area contributed by atoms with Gasteiger partial charge in [-0.3, -0.25) is 4.99 Å². The first-order valence-electron chi connectivity index (χ1n) is 10.7. The van der Waals surface area contributed by atoms with Gasteiger partial charge in [0.25, 0.3) is 0 Å². The zero-order chi connectivity index (χ0) is 21.7. The summed E-state index contributed by atoms with van der Waals surface area (Å²) in [5.41, 5.74) is 0.935. The quantitative estimate of drug-likeness (QED) is 0.291. The van der Waals surface area contributed by atoms with Crippen molar-refractivity contribution in [3.05, 3.63) is 35.9 Å². The van der Waals surface area contributed by atoms with Crippen molar-refractivity contribution >= 4 is 16.0 Å². The molecule has 2 rings (SSSR count). The molecule has 30 heavy (non-hydrogen) atoms. The van der Waals surface area contributed by atoms with Crippen LogP contribution in [0.3, 0.4) is 0 Å². The van der Waals surface area contributed by atoms with Crippen LogP contribution < -0.4 is 10.0 Å². The maximum Gasteiger partial charge on any atom is 0.213 e. The van der Waals surface area contributed by atoms with Crippen LogP contribution in [0, 0.1) is 0 Å². The Kier molecular flexibility index (Phi) is 11.1. The molecule has 1 aromatic carbocycles. The number of guanidine groups is 1. The first-order valence-corrected chi connectivity index (χ1v) is 12.3. The number of nitrogens with zero attached hydrogens (tertiary/aromatic N) is 2. The number of rotatable bonds is 12. The largest absolute Gasteiger partial charge is 0.385 e. The number of piperidine rings is 1. The number of methoxy groups -OCH3 is 1. The molecule has 0 amide bonds. The molecule has 0 atom stereocenters. The van der Waals surface area contributed by atoms with Gasteiger partial charge in [0.1, 0.15) is 0 Å². The lowest BCUT2D eigenvalue weighted by molar-refractivity contribution is 0.00991. The van der Waals surface area contributed by atoms with E-state index in [0.717, 1.165) is 63.6 Å². The molecular weight excluding hydrogens is 404 g/mol. The van der Waals surface area contributed by atoms with Crippen molar-refractivity contribution in [2.24, 2.45) is 4.99 Å². The summed E-state index contributed by atoms with van der Waals surface area (Å²) in [6.45, 7) is 6.41. The van der Waals surface area contributed by atoms with E-state index >= 15 is 0 Å². The number of sulfonamides is 1. The second-order valence-electron chi connectivity index (χ2n) is 7.26. The van der Waals surface area contributed by atoms with E-state index in [1.165, 1.54) is 0 Å². The molecular formula is C21H36N4O4S. The van der Waals surface area contributed by atoms with Gasteiger partial charge in [0.15, 0.2) is 5.96 Å². The summed E-state index contributed by atoms with van der Waals surface area (Å²) in [6, 6.07) is 9.49. The smallest absolute Gasteiger partial charge is 0.213 e. The summed E-state index contributed by atoms with van der Waals surface area (Å²) in [7, 11) is -1.68. The van der Waals surface area contributed by atoms with Gasteiger partial charge in [-0.1, -0.05) is 30.3 Å². The number of ether oxygens (including phenoxy) is 2. The van der Waals surface area contributed by atoms with Crippen LogP contribution >= 0.6 is 0 Å². The number of nitrogens with one attached hydrogen (secondary N) is 2. The molecule has 170 valence electrons. The fraction of sp³-hybridized carbons (Fsp3) is 0.667. The Morgan fingerprint density at radius 3 is 2.60 bits per heavy atom. The number of hydrogen-bond acceptors (Lipinski definition) is 5. The van der Waals surface area contributed by atoms with Crippen LogP contribution in [0.1, 0.15) is 31.7 Å². The second-order valence-corrected chi connectivity index (χ2v) is 9.19. The summed E-state index contributed by atoms with van der Waals surface area (Å²) in [5, 5.41) is 3.27. The Hall–Kier alpha value is -1.68. The first-order chi connectivity index (χ1) is 14.5. The highest BCUT2D eigenvalue weighted by atomic mass is 32.2. The minimum atomic E-state index is -3.38. The fourth-order valence-corrected chi connectivity index (χ4v) is 4.11. The van der Waals surface area contributed by atoms with Gasteiger partial charge in [0.05, 0.1) is 18.4 Å². The Bertz CT molecular complexity index is 720. The van der Waals surface area contributed by atoms with Crippen molar-refractivity contribution in [3.63, 3.8) is 0 Å². The minimum Gasteiger partial charge on any atom is -0.385 e. The number of benzene rings is 1. The molecule has 1 heterocycles. The van der Waals surface area contributed by atoms with E-state index in [-0.39, 0.29) is 18.4 Å². The maximum atomic E-state index is 12.3. The highest BCUT2D eigenvalue weighted by molar-refractivity contribution is 7.89. The van der Waals surface area contributed by atoms with Crippen molar-refractivity contribution in [2.45, 2.75) is 38.8 Å². The maximum absolute atomic E-state index is 12.3. The average molecular weight is 441 g/mol. The lowest BCUT2D eigenvalue weighted by Gasteiger charge is -2.34. The number of hydrogen-bond donors (Lipinski definition) is 2. The molecule has 8 nitrogen and oxygen atoms in total. The third-order valence-electron chi connectivity index (χ3n) is 4.88. The predicted molar refractivity (Wildman–Crippen MR) is 120 cm³/mol. The lowest BCUT2D eigenvalue weighted by atomic mass is 10.1. The van der Waals surface area contributed by atoms with Crippen LogP contribution in [0.15, 0.2) is 35.3 Å². The van der Waals surface area contributed by atoms with Crippen molar-refractivity contribution < 1.29 is 17.9 Å². The van der Waals surface area contributed by atoms with Crippen molar-refractivity contribution in [3.8, 4) is 0 Å². The van der Waals surface area contributed by atoms with Crippen LogP contribution in [-0.4, -0.2) is 77.6 Å². The molecule has 1 saturated heterocycles.